The molecule has 0 radical (unpaired) electrons. The minimum atomic E-state index is -1.32. The average Bonchev–Trinajstić information content (AvgIpc) is 3.52. The lowest BCUT2D eigenvalue weighted by Crippen LogP contribution is -2.08. The van der Waals surface area contributed by atoms with Crippen LogP contribution in [0.1, 0.15) is 49.0 Å². The summed E-state index contributed by atoms with van der Waals surface area (Å²) in [6, 6.07) is 19.9. The van der Waals surface area contributed by atoms with E-state index in [9.17, 15) is 4.79 Å². The second kappa shape index (κ2) is 10.4. The predicted octanol–water partition coefficient (Wildman–Crippen LogP) is 7.27. The normalized spacial score (nSPS) is 13.0. The van der Waals surface area contributed by atoms with Crippen molar-refractivity contribution in [2.45, 2.75) is 59.0 Å². The Morgan fingerprint density at radius 2 is 1.85 bits per heavy atom. The number of para-hydroxylation sites is 1. The Labute approximate surface area is 227 Å². The number of carbonyl (C=O) groups is 1. The lowest BCUT2D eigenvalue weighted by molar-refractivity contribution is 0.144. The highest BCUT2D eigenvalue weighted by atomic mass is 16.7. The number of imidazole rings is 2. The molecule has 0 saturated carbocycles. The number of ether oxygens (including phenoxy) is 1. The monoisotopic (exact) mass is 520 g/mol. The van der Waals surface area contributed by atoms with Crippen LogP contribution in [0.3, 0.4) is 0 Å². The number of carboxylic acid groups (broad SMARTS) is 1. The zero-order valence-corrected chi connectivity index (χ0v) is 22.4. The van der Waals surface area contributed by atoms with Gasteiger partial charge in [0.2, 0.25) is 0 Å². The Kier molecular flexibility index (Phi) is 6.65. The van der Waals surface area contributed by atoms with Gasteiger partial charge < -0.3 is 19.0 Å². The van der Waals surface area contributed by atoms with Crippen molar-refractivity contribution in [3.05, 3.63) is 89.6 Å². The summed E-state index contributed by atoms with van der Waals surface area (Å²) in [6.07, 6.45) is 6.27. The molecule has 0 amide bonds. The Bertz CT molecular complexity index is 1640. The van der Waals surface area contributed by atoms with Crippen LogP contribution in [0.25, 0.3) is 33.4 Å². The molecule has 0 fully saturated rings. The van der Waals surface area contributed by atoms with Crippen molar-refractivity contribution in [3.8, 4) is 28.1 Å². The second-order valence-corrected chi connectivity index (χ2v) is 10.3. The number of aromatic nitrogens is 4. The first-order valence-electron chi connectivity index (χ1n) is 13.7. The summed E-state index contributed by atoms with van der Waals surface area (Å²) in [5.41, 5.74) is 8.30. The van der Waals surface area contributed by atoms with E-state index in [4.69, 9.17) is 19.8 Å². The maximum Gasteiger partial charge on any atom is 0.511 e. The fraction of sp³-hybridized carbons (Fsp3) is 0.281. The average molecular weight is 521 g/mol. The van der Waals surface area contributed by atoms with Crippen LogP contribution in [-0.2, 0) is 25.9 Å². The number of benzene rings is 3. The van der Waals surface area contributed by atoms with Crippen LogP contribution in [0.5, 0.6) is 5.75 Å². The molecule has 7 heteroatoms. The molecule has 0 atom stereocenters. The van der Waals surface area contributed by atoms with Crippen molar-refractivity contribution in [1.82, 2.24) is 19.1 Å². The third-order valence-electron chi connectivity index (χ3n) is 7.49. The van der Waals surface area contributed by atoms with E-state index in [0.717, 1.165) is 76.2 Å². The number of hydrogen-bond donors (Lipinski definition) is 1. The topological polar surface area (TPSA) is 82.2 Å². The molecule has 5 aromatic rings. The molecular weight excluding hydrogens is 488 g/mol. The van der Waals surface area contributed by atoms with Crippen molar-refractivity contribution >= 4 is 17.2 Å². The molecule has 0 bridgehead atoms. The van der Waals surface area contributed by atoms with E-state index in [-0.39, 0.29) is 0 Å². The minimum absolute atomic E-state index is 0.326. The van der Waals surface area contributed by atoms with Crippen molar-refractivity contribution in [2.24, 2.45) is 0 Å². The molecule has 1 N–H and O–H groups in total. The molecular formula is C32H32N4O3. The van der Waals surface area contributed by atoms with Crippen molar-refractivity contribution < 1.29 is 14.6 Å². The number of hydrogen-bond acceptors (Lipinski definition) is 4. The molecule has 0 aliphatic carbocycles. The summed E-state index contributed by atoms with van der Waals surface area (Å²) in [6.45, 7) is 6.07. The van der Waals surface area contributed by atoms with Crippen LogP contribution in [0.15, 0.2) is 66.9 Å². The van der Waals surface area contributed by atoms with Crippen LogP contribution in [-0.4, -0.2) is 30.4 Å². The highest BCUT2D eigenvalue weighted by molar-refractivity contribution is 5.85. The fourth-order valence-electron chi connectivity index (χ4n) is 5.59. The number of aryl methyl sites for hydroxylation is 4. The van der Waals surface area contributed by atoms with Gasteiger partial charge in [-0.3, -0.25) is 0 Å². The molecule has 7 nitrogen and oxygen atoms in total. The van der Waals surface area contributed by atoms with Gasteiger partial charge in [0.05, 0.1) is 16.7 Å². The number of rotatable bonds is 7. The maximum absolute atomic E-state index is 11.1. The molecule has 198 valence electrons. The first-order valence-corrected chi connectivity index (χ1v) is 13.7. The van der Waals surface area contributed by atoms with Gasteiger partial charge in [0.25, 0.3) is 0 Å². The summed E-state index contributed by atoms with van der Waals surface area (Å²) in [5, 5.41) is 9.10. The lowest BCUT2D eigenvalue weighted by Gasteiger charge is -2.12. The summed E-state index contributed by atoms with van der Waals surface area (Å²) in [7, 11) is 0. The van der Waals surface area contributed by atoms with Crippen LogP contribution in [0, 0.1) is 6.92 Å². The van der Waals surface area contributed by atoms with Crippen molar-refractivity contribution in [1.29, 1.82) is 0 Å². The van der Waals surface area contributed by atoms with Crippen LogP contribution in [0.4, 0.5) is 4.79 Å². The van der Waals surface area contributed by atoms with Gasteiger partial charge in [-0.2, -0.15) is 0 Å². The van der Waals surface area contributed by atoms with Gasteiger partial charge in [-0.1, -0.05) is 49.4 Å². The Morgan fingerprint density at radius 3 is 2.62 bits per heavy atom. The van der Waals surface area contributed by atoms with Crippen LogP contribution >= 0.6 is 0 Å². The second-order valence-electron chi connectivity index (χ2n) is 10.3. The van der Waals surface area contributed by atoms with Gasteiger partial charge in [0.15, 0.2) is 0 Å². The molecule has 3 heterocycles. The smallest absolute Gasteiger partial charge is 0.449 e. The van der Waals surface area contributed by atoms with E-state index in [1.807, 2.05) is 24.3 Å². The molecule has 3 aromatic carbocycles. The highest BCUT2D eigenvalue weighted by Crippen LogP contribution is 2.32. The Morgan fingerprint density at radius 1 is 1.03 bits per heavy atom. The van der Waals surface area contributed by atoms with Gasteiger partial charge in [0, 0.05) is 43.3 Å². The van der Waals surface area contributed by atoms with E-state index in [1.54, 1.807) is 12.1 Å². The van der Waals surface area contributed by atoms with E-state index in [1.165, 1.54) is 18.7 Å². The zero-order chi connectivity index (χ0) is 26.9. The lowest BCUT2D eigenvalue weighted by atomic mass is 10.0. The van der Waals surface area contributed by atoms with Gasteiger partial charge >= 0.3 is 6.16 Å². The third kappa shape index (κ3) is 4.92. The molecule has 39 heavy (non-hydrogen) atoms. The first-order chi connectivity index (χ1) is 19.0. The maximum atomic E-state index is 11.1. The predicted molar refractivity (Wildman–Crippen MR) is 152 cm³/mol. The van der Waals surface area contributed by atoms with Crippen LogP contribution < -0.4 is 4.74 Å². The van der Waals surface area contributed by atoms with Gasteiger partial charge in [-0.25, -0.2) is 14.8 Å². The van der Waals surface area contributed by atoms with E-state index < -0.39 is 6.16 Å². The molecule has 1 aliphatic heterocycles. The zero-order valence-electron chi connectivity index (χ0n) is 22.4. The summed E-state index contributed by atoms with van der Waals surface area (Å²) in [4.78, 5) is 21.2. The molecule has 6 rings (SSSR count). The molecule has 1 aliphatic rings. The highest BCUT2D eigenvalue weighted by Gasteiger charge is 2.18. The SMILES string of the molecule is CCCc1nc2c(C)cc(-c3cn4c(n3)CCCC4)cc2n1Cc1ccc(-c2ccccc2OC(=O)O)cc1. The van der Waals surface area contributed by atoms with E-state index in [2.05, 4.69) is 53.4 Å². The quantitative estimate of drug-likeness (QED) is 0.180. The Balaban J connectivity index is 1.36. The van der Waals surface area contributed by atoms with Crippen molar-refractivity contribution in [3.63, 3.8) is 0 Å². The fourth-order valence-corrected chi connectivity index (χ4v) is 5.59. The summed E-state index contributed by atoms with van der Waals surface area (Å²) in [5.74, 6) is 2.60. The molecule has 2 aromatic heterocycles. The first kappa shape index (κ1) is 24.9. The minimum Gasteiger partial charge on any atom is -0.449 e. The van der Waals surface area contributed by atoms with Crippen molar-refractivity contribution in [2.75, 3.05) is 0 Å². The van der Waals surface area contributed by atoms with Gasteiger partial charge in [-0.05, 0) is 61.1 Å². The molecule has 0 spiro atoms. The number of fused-ring (bicyclic) bond motifs is 2. The Hall–Kier alpha value is -4.39. The molecule has 0 unspecified atom stereocenters. The standard InChI is InChI=1S/C32H32N4O3/c1-3-8-30-34-31-21(2)17-24(26-20-35-16-7-6-11-29(35)33-26)18-27(31)36(30)19-22-12-14-23(15-13-22)25-9-4-5-10-28(25)39-32(37)38/h4-5,9-10,12-15,17-18,20H,3,6-8,11,16,19H2,1-2H3,(H,37,38). The van der Waals surface area contributed by atoms with E-state index in [0.29, 0.717) is 12.3 Å². The molecule has 0 saturated heterocycles. The largest absolute Gasteiger partial charge is 0.511 e. The number of nitrogens with zero attached hydrogens (tertiary/aromatic N) is 4. The van der Waals surface area contributed by atoms with Gasteiger partial charge in [0.1, 0.15) is 17.4 Å². The van der Waals surface area contributed by atoms with Crippen LogP contribution in [0.2, 0.25) is 0 Å². The summed E-state index contributed by atoms with van der Waals surface area (Å²) < 4.78 is 9.63. The van der Waals surface area contributed by atoms with Gasteiger partial charge in [-0.15, -0.1) is 0 Å². The summed E-state index contributed by atoms with van der Waals surface area (Å²) >= 11 is 0. The van der Waals surface area contributed by atoms with E-state index >= 15 is 0 Å². The third-order valence-corrected chi connectivity index (χ3v) is 7.49.